The Balaban J connectivity index is 1.56. The number of nitrogens with zero attached hydrogens (tertiary/aromatic N) is 4. The number of carbonyl (C=O) groups excluding carboxylic acids is 1. The van der Waals surface area contributed by atoms with Crippen molar-refractivity contribution < 1.29 is 9.18 Å². The largest absolute Gasteiger partial charge is 0.332 e. The average molecular weight is 409 g/mol. The Morgan fingerprint density at radius 3 is 2.64 bits per heavy atom. The first-order valence-electron chi connectivity index (χ1n) is 8.41. The van der Waals surface area contributed by atoms with Gasteiger partial charge in [-0.2, -0.15) is 5.10 Å². The second kappa shape index (κ2) is 7.66. The summed E-state index contributed by atoms with van der Waals surface area (Å²) in [6.45, 7) is 5.33. The van der Waals surface area contributed by atoms with E-state index in [0.717, 1.165) is 36.1 Å². The Bertz CT molecular complexity index is 746. The summed E-state index contributed by atoms with van der Waals surface area (Å²) in [6, 6.07) is 6.79. The minimum atomic E-state index is -0.204. The smallest absolute Gasteiger partial charge is 0.275 e. The topological polar surface area (TPSA) is 41.4 Å². The van der Waals surface area contributed by atoms with Crippen LogP contribution in [-0.4, -0.2) is 57.7 Å². The van der Waals surface area contributed by atoms with Gasteiger partial charge in [-0.1, -0.05) is 12.1 Å². The van der Waals surface area contributed by atoms with Crippen LogP contribution in [0.5, 0.6) is 0 Å². The van der Waals surface area contributed by atoms with Crippen LogP contribution >= 0.6 is 15.9 Å². The van der Waals surface area contributed by atoms with Gasteiger partial charge >= 0.3 is 0 Å². The lowest BCUT2D eigenvalue weighted by atomic mass is 10.1. The Hall–Kier alpha value is -1.73. The monoisotopic (exact) mass is 408 g/mol. The van der Waals surface area contributed by atoms with Gasteiger partial charge in [0, 0.05) is 45.5 Å². The molecule has 2 heterocycles. The van der Waals surface area contributed by atoms with Crippen molar-refractivity contribution in [1.29, 1.82) is 0 Å². The van der Waals surface area contributed by atoms with Crippen LogP contribution in [0.4, 0.5) is 4.39 Å². The highest BCUT2D eigenvalue weighted by Crippen LogP contribution is 2.19. The van der Waals surface area contributed by atoms with Gasteiger partial charge in [0.25, 0.3) is 5.91 Å². The highest BCUT2D eigenvalue weighted by Gasteiger charge is 2.30. The second-order valence-corrected chi connectivity index (χ2v) is 7.38. The molecule has 3 rings (SSSR count). The fraction of sp³-hybridized carbons (Fsp3) is 0.444. The third-order valence-electron chi connectivity index (χ3n) is 4.59. The molecule has 1 aliphatic rings. The number of benzene rings is 1. The van der Waals surface area contributed by atoms with Gasteiger partial charge in [0.1, 0.15) is 5.82 Å². The van der Waals surface area contributed by atoms with E-state index in [2.05, 4.69) is 32.9 Å². The lowest BCUT2D eigenvalue weighted by Crippen LogP contribution is -2.54. The maximum Gasteiger partial charge on any atom is 0.275 e. The van der Waals surface area contributed by atoms with Crippen LogP contribution in [0.2, 0.25) is 0 Å². The van der Waals surface area contributed by atoms with Gasteiger partial charge in [-0.05, 0) is 47.0 Å². The number of amides is 1. The molecule has 0 radical (unpaired) electrons. The standard InChI is InChI=1S/C18H22BrFN4O/c1-13-11-23(8-7-14-3-5-15(20)6-4-14)9-10-24(13)18(25)17-16(19)12-22(2)21-17/h3-6,12-13H,7-11H2,1-2H3. The molecule has 134 valence electrons. The Morgan fingerprint density at radius 2 is 2.04 bits per heavy atom. The van der Waals surface area contributed by atoms with E-state index in [9.17, 15) is 9.18 Å². The summed E-state index contributed by atoms with van der Waals surface area (Å²) in [5, 5.41) is 4.26. The molecule has 1 atom stereocenters. The normalized spacial score (nSPS) is 18.6. The van der Waals surface area contributed by atoms with Crippen molar-refractivity contribution in [3.8, 4) is 0 Å². The van der Waals surface area contributed by atoms with E-state index >= 15 is 0 Å². The van der Waals surface area contributed by atoms with E-state index in [4.69, 9.17) is 0 Å². The maximum atomic E-state index is 13.0. The molecule has 1 amide bonds. The van der Waals surface area contributed by atoms with Crippen molar-refractivity contribution in [2.45, 2.75) is 19.4 Å². The zero-order valence-corrected chi connectivity index (χ0v) is 16.0. The highest BCUT2D eigenvalue weighted by atomic mass is 79.9. The summed E-state index contributed by atoms with van der Waals surface area (Å²) in [7, 11) is 1.80. The summed E-state index contributed by atoms with van der Waals surface area (Å²) in [6.07, 6.45) is 2.67. The molecule has 7 heteroatoms. The highest BCUT2D eigenvalue weighted by molar-refractivity contribution is 9.10. The first-order chi connectivity index (χ1) is 11.9. The fourth-order valence-corrected chi connectivity index (χ4v) is 3.76. The Kier molecular flexibility index (Phi) is 5.54. The van der Waals surface area contributed by atoms with Gasteiger partial charge < -0.3 is 4.90 Å². The SMILES string of the molecule is CC1CN(CCc2ccc(F)cc2)CCN1C(=O)c1nn(C)cc1Br. The molecular formula is C18H22BrFN4O. The van der Waals surface area contributed by atoms with Crippen LogP contribution in [0, 0.1) is 5.82 Å². The molecule has 1 fully saturated rings. The molecule has 1 saturated heterocycles. The van der Waals surface area contributed by atoms with Crippen molar-refractivity contribution >= 4 is 21.8 Å². The van der Waals surface area contributed by atoms with E-state index < -0.39 is 0 Å². The molecule has 0 aliphatic carbocycles. The minimum absolute atomic E-state index is 0.0295. The number of piperazine rings is 1. The first kappa shape index (κ1) is 18.1. The maximum absolute atomic E-state index is 13.0. The molecule has 1 unspecified atom stereocenters. The predicted octanol–water partition coefficient (Wildman–Crippen LogP) is 2.71. The molecule has 1 aromatic heterocycles. The Labute approximate surface area is 155 Å². The van der Waals surface area contributed by atoms with Gasteiger partial charge in [0.05, 0.1) is 4.47 Å². The quantitative estimate of drug-likeness (QED) is 0.780. The zero-order valence-electron chi connectivity index (χ0n) is 14.5. The zero-order chi connectivity index (χ0) is 18.0. The van der Waals surface area contributed by atoms with Crippen LogP contribution in [0.3, 0.4) is 0 Å². The third-order valence-corrected chi connectivity index (χ3v) is 5.17. The Morgan fingerprint density at radius 1 is 1.32 bits per heavy atom. The van der Waals surface area contributed by atoms with Crippen LogP contribution in [0.15, 0.2) is 34.9 Å². The van der Waals surface area contributed by atoms with Gasteiger partial charge in [-0.15, -0.1) is 0 Å². The second-order valence-electron chi connectivity index (χ2n) is 6.52. The van der Waals surface area contributed by atoms with Crippen molar-refractivity contribution in [1.82, 2.24) is 19.6 Å². The molecule has 0 N–H and O–H groups in total. The summed E-state index contributed by atoms with van der Waals surface area (Å²) in [5.74, 6) is -0.233. The average Bonchev–Trinajstić information content (AvgIpc) is 2.92. The van der Waals surface area contributed by atoms with E-state index in [1.54, 1.807) is 17.9 Å². The molecule has 0 saturated carbocycles. The minimum Gasteiger partial charge on any atom is -0.332 e. The number of hydrogen-bond donors (Lipinski definition) is 0. The van der Waals surface area contributed by atoms with Gasteiger partial charge in [-0.3, -0.25) is 14.4 Å². The molecular weight excluding hydrogens is 387 g/mol. The van der Waals surface area contributed by atoms with Crippen LogP contribution in [-0.2, 0) is 13.5 Å². The molecule has 5 nitrogen and oxygen atoms in total. The number of hydrogen-bond acceptors (Lipinski definition) is 3. The molecule has 1 aliphatic heterocycles. The summed E-state index contributed by atoms with van der Waals surface area (Å²) in [5.41, 5.74) is 1.60. The van der Waals surface area contributed by atoms with Crippen molar-refractivity contribution in [2.75, 3.05) is 26.2 Å². The van der Waals surface area contributed by atoms with Crippen molar-refractivity contribution in [3.05, 3.63) is 52.0 Å². The van der Waals surface area contributed by atoms with Crippen LogP contribution < -0.4 is 0 Å². The lowest BCUT2D eigenvalue weighted by molar-refractivity contribution is 0.0485. The summed E-state index contributed by atoms with van der Waals surface area (Å²) >= 11 is 3.40. The van der Waals surface area contributed by atoms with Gasteiger partial charge in [-0.25, -0.2) is 4.39 Å². The molecule has 25 heavy (non-hydrogen) atoms. The number of carbonyl (C=O) groups is 1. The lowest BCUT2D eigenvalue weighted by Gasteiger charge is -2.39. The van der Waals surface area contributed by atoms with Gasteiger partial charge in [0.15, 0.2) is 5.69 Å². The van der Waals surface area contributed by atoms with Crippen molar-refractivity contribution in [3.63, 3.8) is 0 Å². The summed E-state index contributed by atoms with van der Waals surface area (Å²) in [4.78, 5) is 17.0. The molecule has 0 spiro atoms. The van der Waals surface area contributed by atoms with Crippen molar-refractivity contribution in [2.24, 2.45) is 7.05 Å². The first-order valence-corrected chi connectivity index (χ1v) is 9.20. The fourth-order valence-electron chi connectivity index (χ4n) is 3.22. The van der Waals surface area contributed by atoms with Gasteiger partial charge in [0.2, 0.25) is 0 Å². The number of aryl methyl sites for hydroxylation is 1. The third kappa shape index (κ3) is 4.27. The molecule has 0 bridgehead atoms. The van der Waals surface area contributed by atoms with E-state index in [1.165, 1.54) is 12.1 Å². The van der Waals surface area contributed by atoms with Crippen LogP contribution in [0.1, 0.15) is 23.0 Å². The molecule has 2 aromatic rings. The predicted molar refractivity (Wildman–Crippen MR) is 98.0 cm³/mol. The van der Waals surface area contributed by atoms with E-state index in [1.807, 2.05) is 17.0 Å². The summed E-state index contributed by atoms with van der Waals surface area (Å²) < 4.78 is 15.3. The number of halogens is 2. The van der Waals surface area contributed by atoms with E-state index in [-0.39, 0.29) is 17.8 Å². The number of rotatable bonds is 4. The van der Waals surface area contributed by atoms with Crippen LogP contribution in [0.25, 0.3) is 0 Å². The number of aromatic nitrogens is 2. The van der Waals surface area contributed by atoms with E-state index in [0.29, 0.717) is 12.2 Å². The molecule has 1 aromatic carbocycles.